The third-order valence-electron chi connectivity index (χ3n) is 0.987. The highest BCUT2D eigenvalue weighted by atomic mass is 16.5. The summed E-state index contributed by atoms with van der Waals surface area (Å²) in [5.74, 6) is 0. The van der Waals surface area contributed by atoms with Crippen molar-refractivity contribution in [3.8, 4) is 0 Å². The van der Waals surface area contributed by atoms with Crippen LogP contribution in [0.15, 0.2) is 0 Å². The lowest BCUT2D eigenvalue weighted by molar-refractivity contribution is 0.151. The summed E-state index contributed by atoms with van der Waals surface area (Å²) >= 11 is 0. The molecule has 0 radical (unpaired) electrons. The van der Waals surface area contributed by atoms with Crippen LogP contribution >= 0.6 is 0 Å². The van der Waals surface area contributed by atoms with E-state index in [-0.39, 0.29) is 0 Å². The second-order valence-electron chi connectivity index (χ2n) is 3.22. The molecule has 0 spiro atoms. The van der Waals surface area contributed by atoms with E-state index >= 15 is 0 Å². The highest BCUT2D eigenvalue weighted by molar-refractivity contribution is 4.60. The number of rotatable bonds is 2. The van der Waals surface area contributed by atoms with Gasteiger partial charge in [0.05, 0.1) is 0 Å². The van der Waals surface area contributed by atoms with Crippen molar-refractivity contribution in [1.29, 1.82) is 0 Å². The van der Waals surface area contributed by atoms with Gasteiger partial charge in [0, 0.05) is 6.54 Å². The standard InChI is InChI=1S/C6H15NO/c1-6(2,3)4-5-7-8/h7-8H,4-5H2,1-3H3. The van der Waals surface area contributed by atoms with E-state index in [2.05, 4.69) is 26.3 Å². The molecule has 0 fully saturated rings. The Morgan fingerprint density at radius 2 is 1.88 bits per heavy atom. The number of hydroxylamine groups is 1. The van der Waals surface area contributed by atoms with Crippen molar-refractivity contribution in [1.82, 2.24) is 5.48 Å². The van der Waals surface area contributed by atoms with Crippen molar-refractivity contribution < 1.29 is 5.21 Å². The normalized spacial score (nSPS) is 12.0. The number of hydrogen-bond donors (Lipinski definition) is 2. The SMILES string of the molecule is CC(C)(C)CCNO. The first kappa shape index (κ1) is 7.92. The molecule has 2 N–H and O–H groups in total. The lowest BCUT2D eigenvalue weighted by Gasteiger charge is -2.16. The van der Waals surface area contributed by atoms with Gasteiger partial charge >= 0.3 is 0 Å². The third-order valence-corrected chi connectivity index (χ3v) is 0.987. The summed E-state index contributed by atoms with van der Waals surface area (Å²) in [6.45, 7) is 7.11. The summed E-state index contributed by atoms with van der Waals surface area (Å²) in [6, 6.07) is 0. The molecule has 0 aromatic rings. The van der Waals surface area contributed by atoms with Crippen molar-refractivity contribution in [2.75, 3.05) is 6.54 Å². The quantitative estimate of drug-likeness (QED) is 0.536. The Hall–Kier alpha value is -0.0800. The molecule has 0 aromatic heterocycles. The summed E-state index contributed by atoms with van der Waals surface area (Å²) in [5.41, 5.74) is 2.45. The molecule has 0 bridgehead atoms. The molecule has 50 valence electrons. The maximum absolute atomic E-state index is 8.18. The Labute approximate surface area is 50.9 Å². The zero-order valence-corrected chi connectivity index (χ0v) is 5.86. The Kier molecular flexibility index (Phi) is 3.02. The molecule has 8 heavy (non-hydrogen) atoms. The minimum atomic E-state index is 0.329. The molecule has 0 aliphatic rings. The van der Waals surface area contributed by atoms with Crippen molar-refractivity contribution in [2.24, 2.45) is 5.41 Å². The first-order chi connectivity index (χ1) is 3.56. The molecule has 2 nitrogen and oxygen atoms in total. The predicted octanol–water partition coefficient (Wildman–Crippen LogP) is 1.40. The van der Waals surface area contributed by atoms with E-state index in [1.165, 1.54) is 0 Å². The van der Waals surface area contributed by atoms with Crippen LogP contribution in [-0.4, -0.2) is 11.8 Å². The molecule has 0 aromatic carbocycles. The fourth-order valence-corrected chi connectivity index (χ4v) is 0.431. The molecule has 0 aliphatic carbocycles. The highest BCUT2D eigenvalue weighted by Gasteiger charge is 2.07. The monoisotopic (exact) mass is 117 g/mol. The average molecular weight is 117 g/mol. The van der Waals surface area contributed by atoms with Gasteiger partial charge in [0.25, 0.3) is 0 Å². The minimum absolute atomic E-state index is 0.329. The van der Waals surface area contributed by atoms with E-state index in [1.807, 2.05) is 0 Å². The smallest absolute Gasteiger partial charge is 0.0212 e. The molecule has 0 rings (SSSR count). The Morgan fingerprint density at radius 1 is 1.38 bits per heavy atom. The topological polar surface area (TPSA) is 32.3 Å². The van der Waals surface area contributed by atoms with Gasteiger partial charge in [0.15, 0.2) is 0 Å². The Balaban J connectivity index is 3.11. The lowest BCUT2D eigenvalue weighted by Crippen LogP contribution is -2.16. The van der Waals surface area contributed by atoms with Crippen LogP contribution < -0.4 is 5.48 Å². The van der Waals surface area contributed by atoms with Crippen LogP contribution in [0, 0.1) is 5.41 Å². The van der Waals surface area contributed by atoms with Crippen LogP contribution in [0.5, 0.6) is 0 Å². The number of nitrogens with one attached hydrogen (secondary N) is 1. The van der Waals surface area contributed by atoms with Gasteiger partial charge < -0.3 is 5.21 Å². The largest absolute Gasteiger partial charge is 0.317 e. The summed E-state index contributed by atoms with van der Waals surface area (Å²) in [5, 5.41) is 8.18. The van der Waals surface area contributed by atoms with Crippen LogP contribution in [0.2, 0.25) is 0 Å². The number of hydrogen-bond acceptors (Lipinski definition) is 2. The van der Waals surface area contributed by atoms with Crippen LogP contribution in [-0.2, 0) is 0 Å². The molecule has 0 unspecified atom stereocenters. The summed E-state index contributed by atoms with van der Waals surface area (Å²) in [7, 11) is 0. The van der Waals surface area contributed by atoms with E-state index in [1.54, 1.807) is 0 Å². The molecule has 0 amide bonds. The average Bonchev–Trinajstić information content (AvgIpc) is 1.59. The maximum Gasteiger partial charge on any atom is 0.0212 e. The van der Waals surface area contributed by atoms with E-state index in [0.717, 1.165) is 6.42 Å². The molecule has 0 heterocycles. The summed E-state index contributed by atoms with van der Waals surface area (Å²) in [4.78, 5) is 0. The van der Waals surface area contributed by atoms with Crippen LogP contribution in [0.25, 0.3) is 0 Å². The van der Waals surface area contributed by atoms with Gasteiger partial charge in [-0.25, -0.2) is 5.48 Å². The van der Waals surface area contributed by atoms with Crippen molar-refractivity contribution in [3.63, 3.8) is 0 Å². The molecule has 2 heteroatoms. The van der Waals surface area contributed by atoms with E-state index in [4.69, 9.17) is 5.21 Å². The zero-order valence-electron chi connectivity index (χ0n) is 5.86. The summed E-state index contributed by atoms with van der Waals surface area (Å²) in [6.07, 6.45) is 1.00. The minimum Gasteiger partial charge on any atom is -0.317 e. The van der Waals surface area contributed by atoms with Crippen LogP contribution in [0.4, 0.5) is 0 Å². The highest BCUT2D eigenvalue weighted by Crippen LogP contribution is 2.16. The molecule has 0 atom stereocenters. The first-order valence-electron chi connectivity index (χ1n) is 2.93. The second kappa shape index (κ2) is 3.05. The first-order valence-corrected chi connectivity index (χ1v) is 2.93. The lowest BCUT2D eigenvalue weighted by atomic mass is 9.93. The zero-order chi connectivity index (χ0) is 6.62. The Morgan fingerprint density at radius 3 is 2.00 bits per heavy atom. The van der Waals surface area contributed by atoms with Crippen molar-refractivity contribution in [3.05, 3.63) is 0 Å². The van der Waals surface area contributed by atoms with Crippen LogP contribution in [0.1, 0.15) is 27.2 Å². The van der Waals surface area contributed by atoms with Crippen molar-refractivity contribution in [2.45, 2.75) is 27.2 Å². The van der Waals surface area contributed by atoms with Gasteiger partial charge in [-0.3, -0.25) is 0 Å². The Bertz CT molecular complexity index is 56.0. The molecular formula is C6H15NO. The second-order valence-corrected chi connectivity index (χ2v) is 3.22. The van der Waals surface area contributed by atoms with E-state index < -0.39 is 0 Å². The molecule has 0 aliphatic heterocycles. The maximum atomic E-state index is 8.18. The van der Waals surface area contributed by atoms with E-state index in [9.17, 15) is 0 Å². The van der Waals surface area contributed by atoms with E-state index in [0.29, 0.717) is 12.0 Å². The van der Waals surface area contributed by atoms with Gasteiger partial charge in [-0.1, -0.05) is 20.8 Å². The fraction of sp³-hybridized carbons (Fsp3) is 1.00. The van der Waals surface area contributed by atoms with Gasteiger partial charge in [-0.2, -0.15) is 0 Å². The van der Waals surface area contributed by atoms with Gasteiger partial charge in [0.1, 0.15) is 0 Å². The molecule has 0 saturated carbocycles. The van der Waals surface area contributed by atoms with Crippen molar-refractivity contribution >= 4 is 0 Å². The predicted molar refractivity (Wildman–Crippen MR) is 33.9 cm³/mol. The fourth-order valence-electron chi connectivity index (χ4n) is 0.431. The molecule has 0 saturated heterocycles. The molecular weight excluding hydrogens is 102 g/mol. The van der Waals surface area contributed by atoms with Crippen LogP contribution in [0.3, 0.4) is 0 Å². The van der Waals surface area contributed by atoms with Gasteiger partial charge in [-0.05, 0) is 11.8 Å². The summed E-state index contributed by atoms with van der Waals surface area (Å²) < 4.78 is 0. The third kappa shape index (κ3) is 5.92. The van der Waals surface area contributed by atoms with Gasteiger partial charge in [0.2, 0.25) is 0 Å². The van der Waals surface area contributed by atoms with Gasteiger partial charge in [-0.15, -0.1) is 0 Å².